The summed E-state index contributed by atoms with van der Waals surface area (Å²) in [5, 5.41) is 0. The first-order chi connectivity index (χ1) is 5.54. The number of hydrogen-bond donors (Lipinski definition) is 1. The lowest BCUT2D eigenvalue weighted by Gasteiger charge is -2.29. The lowest BCUT2D eigenvalue weighted by Crippen LogP contribution is -2.42. The molecule has 0 saturated carbocycles. The first-order valence-corrected chi connectivity index (χ1v) is 4.57. The summed E-state index contributed by atoms with van der Waals surface area (Å²) in [4.78, 5) is 13.1. The van der Waals surface area contributed by atoms with Crippen LogP contribution in [0.1, 0.15) is 27.7 Å². The minimum absolute atomic E-state index is 0.0649. The fourth-order valence-corrected chi connectivity index (χ4v) is 1.35. The monoisotopic (exact) mass is 172 g/mol. The van der Waals surface area contributed by atoms with Gasteiger partial charge in [-0.05, 0) is 20.0 Å². The summed E-state index contributed by atoms with van der Waals surface area (Å²) < 4.78 is 0. The Morgan fingerprint density at radius 2 is 1.75 bits per heavy atom. The molecule has 0 aliphatic carbocycles. The Bertz CT molecular complexity index is 143. The predicted octanol–water partition coefficient (Wildman–Crippen LogP) is 0.838. The van der Waals surface area contributed by atoms with Gasteiger partial charge < -0.3 is 10.6 Å². The van der Waals surface area contributed by atoms with Gasteiger partial charge in [0.2, 0.25) is 5.91 Å². The van der Waals surface area contributed by atoms with Crippen molar-refractivity contribution in [1.82, 2.24) is 4.90 Å². The van der Waals surface area contributed by atoms with Gasteiger partial charge in [0.05, 0.1) is 5.92 Å². The Morgan fingerprint density at radius 1 is 1.33 bits per heavy atom. The zero-order chi connectivity index (χ0) is 9.72. The number of nitrogens with two attached hydrogens (primary N) is 1. The van der Waals surface area contributed by atoms with Crippen LogP contribution in [0.15, 0.2) is 0 Å². The van der Waals surface area contributed by atoms with E-state index in [2.05, 4.69) is 18.7 Å². The van der Waals surface area contributed by atoms with Gasteiger partial charge in [0, 0.05) is 6.04 Å². The van der Waals surface area contributed by atoms with E-state index in [1.54, 1.807) is 0 Å². The normalized spacial score (nSPS) is 16.1. The average Bonchev–Trinajstić information content (AvgIpc) is 2.05. The van der Waals surface area contributed by atoms with Crippen molar-refractivity contribution >= 4 is 5.91 Å². The van der Waals surface area contributed by atoms with Gasteiger partial charge in [0.1, 0.15) is 0 Å². The second kappa shape index (κ2) is 5.14. The Hall–Kier alpha value is -0.570. The summed E-state index contributed by atoms with van der Waals surface area (Å²) in [5.74, 6) is -0.278. The summed E-state index contributed by atoms with van der Waals surface area (Å²) in [7, 11) is 0. The molecule has 2 unspecified atom stereocenters. The summed E-state index contributed by atoms with van der Waals surface area (Å²) >= 11 is 0. The van der Waals surface area contributed by atoms with Crippen molar-refractivity contribution in [3.05, 3.63) is 0 Å². The van der Waals surface area contributed by atoms with Crippen molar-refractivity contribution in [2.75, 3.05) is 13.1 Å². The molecule has 0 heterocycles. The Morgan fingerprint density at radius 3 is 2.00 bits per heavy atom. The maximum absolute atomic E-state index is 10.9. The zero-order valence-corrected chi connectivity index (χ0v) is 8.50. The molecule has 0 aromatic heterocycles. The van der Waals surface area contributed by atoms with E-state index in [1.165, 1.54) is 0 Å². The number of hydrogen-bond acceptors (Lipinski definition) is 2. The highest BCUT2D eigenvalue weighted by atomic mass is 16.1. The molecular weight excluding hydrogens is 152 g/mol. The topological polar surface area (TPSA) is 46.3 Å². The van der Waals surface area contributed by atoms with E-state index in [9.17, 15) is 4.79 Å². The molecule has 0 fully saturated rings. The molecule has 72 valence electrons. The van der Waals surface area contributed by atoms with Crippen molar-refractivity contribution in [2.24, 2.45) is 11.7 Å². The zero-order valence-electron chi connectivity index (χ0n) is 8.50. The van der Waals surface area contributed by atoms with E-state index < -0.39 is 0 Å². The van der Waals surface area contributed by atoms with E-state index in [0.717, 1.165) is 13.1 Å². The van der Waals surface area contributed by atoms with E-state index in [-0.39, 0.29) is 17.9 Å². The van der Waals surface area contributed by atoms with Crippen LogP contribution in [0.2, 0.25) is 0 Å². The summed E-state index contributed by atoms with van der Waals surface area (Å²) in [6.45, 7) is 10.0. The van der Waals surface area contributed by atoms with E-state index in [1.807, 2.05) is 13.8 Å². The molecule has 2 N–H and O–H groups in total. The van der Waals surface area contributed by atoms with E-state index in [4.69, 9.17) is 5.73 Å². The SMILES string of the molecule is CCN(CC)C(C)C(C)C(N)=O. The van der Waals surface area contributed by atoms with Crippen LogP contribution in [0, 0.1) is 5.92 Å². The third-order valence-corrected chi connectivity index (χ3v) is 2.56. The average molecular weight is 172 g/mol. The van der Waals surface area contributed by atoms with Crippen molar-refractivity contribution in [3.63, 3.8) is 0 Å². The van der Waals surface area contributed by atoms with Crippen LogP contribution in [0.25, 0.3) is 0 Å². The molecule has 0 aliphatic heterocycles. The Balaban J connectivity index is 4.14. The highest BCUT2D eigenvalue weighted by molar-refractivity contribution is 5.76. The molecule has 12 heavy (non-hydrogen) atoms. The number of carbonyl (C=O) groups excluding carboxylic acids is 1. The molecular formula is C9H20N2O. The fraction of sp³-hybridized carbons (Fsp3) is 0.889. The molecule has 2 atom stereocenters. The minimum Gasteiger partial charge on any atom is -0.369 e. The Labute approximate surface area is 74.9 Å². The summed E-state index contributed by atoms with van der Waals surface area (Å²) in [6.07, 6.45) is 0. The molecule has 0 aromatic carbocycles. The second-order valence-electron chi connectivity index (χ2n) is 3.15. The molecule has 3 nitrogen and oxygen atoms in total. The van der Waals surface area contributed by atoms with Gasteiger partial charge in [0.25, 0.3) is 0 Å². The van der Waals surface area contributed by atoms with Gasteiger partial charge in [0.15, 0.2) is 0 Å². The molecule has 0 bridgehead atoms. The molecule has 0 aromatic rings. The molecule has 0 spiro atoms. The van der Waals surface area contributed by atoms with Crippen LogP contribution in [0.4, 0.5) is 0 Å². The molecule has 0 radical (unpaired) electrons. The lowest BCUT2D eigenvalue weighted by molar-refractivity contribution is -0.123. The number of primary amides is 1. The van der Waals surface area contributed by atoms with Crippen LogP contribution >= 0.6 is 0 Å². The van der Waals surface area contributed by atoms with Crippen molar-refractivity contribution in [2.45, 2.75) is 33.7 Å². The smallest absolute Gasteiger partial charge is 0.221 e. The fourth-order valence-electron chi connectivity index (χ4n) is 1.35. The summed E-state index contributed by atoms with van der Waals surface area (Å²) in [6, 6.07) is 0.248. The maximum Gasteiger partial charge on any atom is 0.221 e. The number of rotatable bonds is 5. The van der Waals surface area contributed by atoms with E-state index in [0.29, 0.717) is 0 Å². The van der Waals surface area contributed by atoms with Crippen LogP contribution in [-0.2, 0) is 4.79 Å². The van der Waals surface area contributed by atoms with Gasteiger partial charge in [-0.25, -0.2) is 0 Å². The number of carbonyl (C=O) groups is 1. The largest absolute Gasteiger partial charge is 0.369 e. The molecule has 0 saturated heterocycles. The van der Waals surface area contributed by atoms with Gasteiger partial charge in [-0.1, -0.05) is 20.8 Å². The van der Waals surface area contributed by atoms with Crippen LogP contribution in [0.3, 0.4) is 0 Å². The highest BCUT2D eigenvalue weighted by Crippen LogP contribution is 2.09. The first-order valence-electron chi connectivity index (χ1n) is 4.57. The van der Waals surface area contributed by atoms with Gasteiger partial charge >= 0.3 is 0 Å². The number of amides is 1. The van der Waals surface area contributed by atoms with Crippen LogP contribution in [0.5, 0.6) is 0 Å². The lowest BCUT2D eigenvalue weighted by atomic mass is 10.0. The molecule has 0 aliphatic rings. The molecule has 1 amide bonds. The molecule has 3 heteroatoms. The van der Waals surface area contributed by atoms with Gasteiger partial charge in [-0.15, -0.1) is 0 Å². The van der Waals surface area contributed by atoms with Crippen molar-refractivity contribution in [3.8, 4) is 0 Å². The summed E-state index contributed by atoms with van der Waals surface area (Å²) in [5.41, 5.74) is 5.22. The van der Waals surface area contributed by atoms with Crippen molar-refractivity contribution < 1.29 is 4.79 Å². The van der Waals surface area contributed by atoms with Crippen molar-refractivity contribution in [1.29, 1.82) is 0 Å². The maximum atomic E-state index is 10.9. The quantitative estimate of drug-likeness (QED) is 0.668. The van der Waals surface area contributed by atoms with Gasteiger partial charge in [-0.3, -0.25) is 4.79 Å². The highest BCUT2D eigenvalue weighted by Gasteiger charge is 2.21. The third-order valence-electron chi connectivity index (χ3n) is 2.56. The first kappa shape index (κ1) is 11.4. The third kappa shape index (κ3) is 2.81. The van der Waals surface area contributed by atoms with Crippen LogP contribution < -0.4 is 5.73 Å². The van der Waals surface area contributed by atoms with Gasteiger partial charge in [-0.2, -0.15) is 0 Å². The molecule has 0 rings (SSSR count). The number of nitrogens with zero attached hydrogens (tertiary/aromatic N) is 1. The Kier molecular flexibility index (Phi) is 4.90. The van der Waals surface area contributed by atoms with E-state index >= 15 is 0 Å². The second-order valence-corrected chi connectivity index (χ2v) is 3.15. The standard InChI is InChI=1S/C9H20N2O/c1-5-11(6-2)8(4)7(3)9(10)12/h7-8H,5-6H2,1-4H3,(H2,10,12). The predicted molar refractivity (Wildman–Crippen MR) is 50.7 cm³/mol. The van der Waals surface area contributed by atoms with Crippen LogP contribution in [-0.4, -0.2) is 29.9 Å². The minimum atomic E-state index is -0.214.